The second-order valence-electron chi connectivity index (χ2n) is 5.20. The number of fused-ring (bicyclic) bond motifs is 1. The lowest BCUT2D eigenvalue weighted by Crippen LogP contribution is -2.47. The number of thiazole rings is 1. The Morgan fingerprint density at radius 2 is 2.30 bits per heavy atom. The predicted octanol–water partition coefficient (Wildman–Crippen LogP) is 2.53. The molecule has 1 saturated heterocycles. The molecule has 1 aromatic heterocycles. The van der Waals surface area contributed by atoms with Gasteiger partial charge in [0.2, 0.25) is 0 Å². The molecule has 2 unspecified atom stereocenters. The Balaban J connectivity index is 1.69. The highest BCUT2D eigenvalue weighted by Gasteiger charge is 2.27. The summed E-state index contributed by atoms with van der Waals surface area (Å²) in [6.45, 7) is 3.07. The maximum absolute atomic E-state index is 12.2. The highest BCUT2D eigenvalue weighted by Crippen LogP contribution is 2.26. The third-order valence-corrected chi connectivity index (χ3v) is 4.67. The van der Waals surface area contributed by atoms with E-state index in [4.69, 9.17) is 0 Å². The Morgan fingerprint density at radius 3 is 3.05 bits per heavy atom. The Hall–Kier alpha value is -1.66. The van der Waals surface area contributed by atoms with Crippen LogP contribution in [0, 0.1) is 5.92 Å². The van der Waals surface area contributed by atoms with Gasteiger partial charge in [0, 0.05) is 13.1 Å². The van der Waals surface area contributed by atoms with Gasteiger partial charge < -0.3 is 10.0 Å². The number of nitrogens with one attached hydrogen (secondary N) is 1. The molecule has 2 aromatic rings. The van der Waals surface area contributed by atoms with Gasteiger partial charge in [0.05, 0.1) is 16.3 Å². The number of hydrogen-bond donors (Lipinski definition) is 2. The highest BCUT2D eigenvalue weighted by molar-refractivity contribution is 7.22. The van der Waals surface area contributed by atoms with E-state index in [1.165, 1.54) is 11.3 Å². The van der Waals surface area contributed by atoms with E-state index < -0.39 is 6.10 Å². The summed E-state index contributed by atoms with van der Waals surface area (Å²) in [7, 11) is 0. The summed E-state index contributed by atoms with van der Waals surface area (Å²) in [6.07, 6.45) is 0.388. The lowest BCUT2D eigenvalue weighted by Gasteiger charge is -2.33. The predicted molar refractivity (Wildman–Crippen MR) is 80.0 cm³/mol. The molecule has 1 fully saturated rings. The molecule has 106 valence electrons. The van der Waals surface area contributed by atoms with Crippen molar-refractivity contribution in [3.05, 3.63) is 24.3 Å². The van der Waals surface area contributed by atoms with Gasteiger partial charge in [-0.15, -0.1) is 0 Å². The lowest BCUT2D eigenvalue weighted by atomic mass is 9.96. The van der Waals surface area contributed by atoms with Crippen LogP contribution < -0.4 is 5.32 Å². The Kier molecular flexibility index (Phi) is 3.58. The van der Waals surface area contributed by atoms with Crippen LogP contribution >= 0.6 is 11.3 Å². The summed E-state index contributed by atoms with van der Waals surface area (Å²) in [4.78, 5) is 18.2. The second-order valence-corrected chi connectivity index (χ2v) is 6.23. The van der Waals surface area contributed by atoms with Crippen LogP contribution in [0.15, 0.2) is 24.3 Å². The first-order valence-corrected chi connectivity index (χ1v) is 7.54. The van der Waals surface area contributed by atoms with Gasteiger partial charge in [-0.3, -0.25) is 5.32 Å². The minimum absolute atomic E-state index is 0.185. The van der Waals surface area contributed by atoms with Gasteiger partial charge in [-0.05, 0) is 24.5 Å². The number of benzene rings is 1. The van der Waals surface area contributed by atoms with Crippen molar-refractivity contribution in [2.75, 3.05) is 18.4 Å². The largest absolute Gasteiger partial charge is 0.391 e. The number of carbonyl (C=O) groups is 1. The van der Waals surface area contributed by atoms with Crippen LogP contribution in [-0.4, -0.2) is 40.2 Å². The summed E-state index contributed by atoms with van der Waals surface area (Å²) >= 11 is 1.46. The zero-order valence-electron chi connectivity index (χ0n) is 11.2. The summed E-state index contributed by atoms with van der Waals surface area (Å²) in [5.41, 5.74) is 0.889. The SMILES string of the molecule is CC1CCN(C(=O)Nc2nc3ccccc3s2)CC1O. The standard InChI is InChI=1S/C14H17N3O2S/c1-9-6-7-17(8-11(9)18)14(19)16-13-15-10-4-2-3-5-12(10)20-13/h2-5,9,11,18H,6-8H2,1H3,(H,15,16,19). The number of anilines is 1. The third-order valence-electron chi connectivity index (χ3n) is 3.71. The molecular weight excluding hydrogens is 274 g/mol. The monoisotopic (exact) mass is 291 g/mol. The number of hydrogen-bond acceptors (Lipinski definition) is 4. The summed E-state index contributed by atoms with van der Waals surface area (Å²) in [5, 5.41) is 13.3. The number of carbonyl (C=O) groups excluding carboxylic acids is 1. The first kappa shape index (κ1) is 13.3. The molecule has 0 aliphatic carbocycles. The number of piperidine rings is 1. The smallest absolute Gasteiger partial charge is 0.323 e. The zero-order valence-corrected chi connectivity index (χ0v) is 12.1. The molecule has 0 bridgehead atoms. The minimum atomic E-state index is -0.440. The van der Waals surface area contributed by atoms with Crippen LogP contribution in [0.5, 0.6) is 0 Å². The fraction of sp³-hybridized carbons (Fsp3) is 0.429. The van der Waals surface area contributed by atoms with Crippen molar-refractivity contribution in [1.82, 2.24) is 9.88 Å². The molecular formula is C14H17N3O2S. The number of aliphatic hydroxyl groups is 1. The molecule has 2 N–H and O–H groups in total. The quantitative estimate of drug-likeness (QED) is 0.848. The van der Waals surface area contributed by atoms with E-state index in [2.05, 4.69) is 10.3 Å². The van der Waals surface area contributed by atoms with Crippen molar-refractivity contribution in [2.24, 2.45) is 5.92 Å². The molecule has 5 nitrogen and oxygen atoms in total. The van der Waals surface area contributed by atoms with E-state index in [0.717, 1.165) is 16.6 Å². The summed E-state index contributed by atoms with van der Waals surface area (Å²) < 4.78 is 1.05. The van der Waals surface area contributed by atoms with Crippen molar-refractivity contribution in [1.29, 1.82) is 0 Å². The summed E-state index contributed by atoms with van der Waals surface area (Å²) in [6, 6.07) is 7.60. The van der Waals surface area contributed by atoms with Gasteiger partial charge in [-0.2, -0.15) is 0 Å². The van der Waals surface area contributed by atoms with E-state index in [0.29, 0.717) is 18.2 Å². The number of likely N-dealkylation sites (tertiary alicyclic amines) is 1. The molecule has 0 spiro atoms. The van der Waals surface area contributed by atoms with Gasteiger partial charge in [0.1, 0.15) is 0 Å². The fourth-order valence-corrected chi connectivity index (χ4v) is 3.19. The molecule has 2 heterocycles. The van der Waals surface area contributed by atoms with E-state index in [1.54, 1.807) is 4.90 Å². The van der Waals surface area contributed by atoms with Crippen LogP contribution in [0.2, 0.25) is 0 Å². The third kappa shape index (κ3) is 2.62. The maximum atomic E-state index is 12.2. The molecule has 1 aliphatic rings. The summed E-state index contributed by atoms with van der Waals surface area (Å²) in [5.74, 6) is 0.251. The zero-order chi connectivity index (χ0) is 14.1. The Morgan fingerprint density at radius 1 is 1.50 bits per heavy atom. The number of para-hydroxylation sites is 1. The highest BCUT2D eigenvalue weighted by atomic mass is 32.1. The maximum Gasteiger partial charge on any atom is 0.323 e. The van der Waals surface area contributed by atoms with Gasteiger partial charge >= 0.3 is 6.03 Å². The van der Waals surface area contributed by atoms with Gasteiger partial charge in [0.15, 0.2) is 5.13 Å². The number of rotatable bonds is 1. The number of β-amino-alcohol motifs (C(OH)–C–C–N with tert-alkyl or cyclic N) is 1. The van der Waals surface area contributed by atoms with Crippen molar-refractivity contribution in [3.8, 4) is 0 Å². The van der Waals surface area contributed by atoms with Crippen LogP contribution in [0.25, 0.3) is 10.2 Å². The topological polar surface area (TPSA) is 65.5 Å². The van der Waals surface area contributed by atoms with Crippen molar-refractivity contribution in [3.63, 3.8) is 0 Å². The van der Waals surface area contributed by atoms with Crippen molar-refractivity contribution in [2.45, 2.75) is 19.4 Å². The van der Waals surface area contributed by atoms with Crippen molar-refractivity contribution < 1.29 is 9.90 Å². The number of aliphatic hydroxyl groups excluding tert-OH is 1. The molecule has 1 aromatic carbocycles. The molecule has 1 aliphatic heterocycles. The fourth-order valence-electron chi connectivity index (χ4n) is 2.33. The normalized spacial score (nSPS) is 23.0. The van der Waals surface area contributed by atoms with E-state index in [1.807, 2.05) is 31.2 Å². The Bertz CT molecular complexity index is 595. The average molecular weight is 291 g/mol. The van der Waals surface area contributed by atoms with Crippen molar-refractivity contribution >= 4 is 32.7 Å². The number of aromatic nitrogens is 1. The number of amides is 2. The van der Waals surface area contributed by atoms with Gasteiger partial charge in [-0.1, -0.05) is 30.4 Å². The lowest BCUT2D eigenvalue weighted by molar-refractivity contribution is 0.0464. The molecule has 6 heteroatoms. The van der Waals surface area contributed by atoms with Crippen LogP contribution in [0.4, 0.5) is 9.93 Å². The first-order chi connectivity index (χ1) is 9.63. The van der Waals surface area contributed by atoms with E-state index >= 15 is 0 Å². The van der Waals surface area contributed by atoms with Gasteiger partial charge in [0.25, 0.3) is 0 Å². The van der Waals surface area contributed by atoms with Crippen LogP contribution in [0.1, 0.15) is 13.3 Å². The first-order valence-electron chi connectivity index (χ1n) is 6.73. The molecule has 0 radical (unpaired) electrons. The number of nitrogens with zero attached hydrogens (tertiary/aromatic N) is 2. The minimum Gasteiger partial charge on any atom is -0.391 e. The molecule has 2 amide bonds. The van der Waals surface area contributed by atoms with Crippen LogP contribution in [0.3, 0.4) is 0 Å². The molecule has 2 atom stereocenters. The van der Waals surface area contributed by atoms with Crippen LogP contribution in [-0.2, 0) is 0 Å². The number of urea groups is 1. The molecule has 20 heavy (non-hydrogen) atoms. The van der Waals surface area contributed by atoms with E-state index in [9.17, 15) is 9.90 Å². The second kappa shape index (κ2) is 5.38. The molecule has 0 saturated carbocycles. The van der Waals surface area contributed by atoms with Gasteiger partial charge in [-0.25, -0.2) is 9.78 Å². The molecule has 3 rings (SSSR count). The Labute approximate surface area is 121 Å². The average Bonchev–Trinajstić information content (AvgIpc) is 2.83. The van der Waals surface area contributed by atoms with E-state index in [-0.39, 0.29) is 11.9 Å².